The summed E-state index contributed by atoms with van der Waals surface area (Å²) in [6, 6.07) is 10.8. The van der Waals surface area contributed by atoms with E-state index < -0.39 is 6.10 Å². The number of hydrogen-bond donors (Lipinski definition) is 1. The molecule has 0 bridgehead atoms. The number of benzene rings is 2. The number of halogens is 1. The number of amides is 1. The third kappa shape index (κ3) is 3.30. The molecule has 0 unspecified atom stereocenters. The molecule has 2 atom stereocenters. The number of carbonyl (C=O) groups excluding carboxylic acids is 1. The molecule has 1 heterocycles. The highest BCUT2D eigenvalue weighted by Crippen LogP contribution is 2.37. The highest BCUT2D eigenvalue weighted by atomic mass is 19.1. The van der Waals surface area contributed by atoms with Gasteiger partial charge in [0.05, 0.1) is 31.9 Å². The van der Waals surface area contributed by atoms with E-state index >= 15 is 0 Å². The van der Waals surface area contributed by atoms with Gasteiger partial charge in [-0.25, -0.2) is 4.39 Å². The monoisotopic (exact) mass is 345 g/mol. The number of para-hydroxylation sites is 1. The van der Waals surface area contributed by atoms with E-state index in [1.165, 1.54) is 26.4 Å². The van der Waals surface area contributed by atoms with Crippen LogP contribution in [0.2, 0.25) is 0 Å². The van der Waals surface area contributed by atoms with Crippen molar-refractivity contribution < 1.29 is 23.8 Å². The highest BCUT2D eigenvalue weighted by molar-refractivity contribution is 5.98. The van der Waals surface area contributed by atoms with E-state index in [2.05, 4.69) is 0 Å². The van der Waals surface area contributed by atoms with Gasteiger partial charge in [0.2, 0.25) is 0 Å². The smallest absolute Gasteiger partial charge is 0.258 e. The predicted molar refractivity (Wildman–Crippen MR) is 90.3 cm³/mol. The summed E-state index contributed by atoms with van der Waals surface area (Å²) in [5.41, 5.74) is 1.15. The first kappa shape index (κ1) is 17.2. The minimum absolute atomic E-state index is 0.210. The van der Waals surface area contributed by atoms with Gasteiger partial charge in [-0.1, -0.05) is 18.2 Å². The van der Waals surface area contributed by atoms with Gasteiger partial charge in [0.15, 0.2) is 11.5 Å². The number of methoxy groups -OCH3 is 2. The van der Waals surface area contributed by atoms with Crippen LogP contribution < -0.4 is 9.47 Å². The van der Waals surface area contributed by atoms with Crippen LogP contribution in [0.3, 0.4) is 0 Å². The fourth-order valence-electron chi connectivity index (χ4n) is 3.25. The van der Waals surface area contributed by atoms with Crippen molar-refractivity contribution in [2.45, 2.75) is 18.6 Å². The zero-order valence-corrected chi connectivity index (χ0v) is 14.1. The summed E-state index contributed by atoms with van der Waals surface area (Å²) in [7, 11) is 2.98. The number of aliphatic hydroxyl groups is 1. The number of β-amino-alcohol motifs (C(OH)–C–C–N with tert-alkyl or cyclic N) is 1. The number of carbonyl (C=O) groups is 1. The lowest BCUT2D eigenvalue weighted by Gasteiger charge is -2.26. The van der Waals surface area contributed by atoms with Crippen molar-refractivity contribution in [2.75, 3.05) is 20.8 Å². The Morgan fingerprint density at radius 3 is 2.52 bits per heavy atom. The summed E-state index contributed by atoms with van der Waals surface area (Å²) in [4.78, 5) is 14.7. The summed E-state index contributed by atoms with van der Waals surface area (Å²) in [5.74, 6) is 0.219. The molecule has 0 radical (unpaired) electrons. The molecule has 5 nitrogen and oxygen atoms in total. The molecule has 1 aliphatic heterocycles. The van der Waals surface area contributed by atoms with Crippen LogP contribution in [0.4, 0.5) is 4.39 Å². The van der Waals surface area contributed by atoms with E-state index in [1.807, 2.05) is 0 Å². The molecule has 0 aliphatic carbocycles. The first-order valence-electron chi connectivity index (χ1n) is 8.00. The minimum Gasteiger partial charge on any atom is -0.493 e. The number of nitrogens with zero attached hydrogens (tertiary/aromatic N) is 1. The van der Waals surface area contributed by atoms with Gasteiger partial charge in [0.25, 0.3) is 5.91 Å². The molecule has 132 valence electrons. The van der Waals surface area contributed by atoms with Crippen molar-refractivity contribution in [1.82, 2.24) is 4.90 Å². The third-order valence-corrected chi connectivity index (χ3v) is 4.43. The summed E-state index contributed by atoms with van der Waals surface area (Å²) in [5, 5.41) is 10.1. The van der Waals surface area contributed by atoms with Crippen molar-refractivity contribution >= 4 is 5.91 Å². The van der Waals surface area contributed by atoms with Gasteiger partial charge in [0.1, 0.15) is 5.82 Å². The molecule has 25 heavy (non-hydrogen) atoms. The summed E-state index contributed by atoms with van der Waals surface area (Å²) in [6.07, 6.45) is -0.223. The normalized spacial score (nSPS) is 19.8. The zero-order chi connectivity index (χ0) is 18.0. The van der Waals surface area contributed by atoms with Crippen LogP contribution in [-0.4, -0.2) is 42.8 Å². The molecule has 1 fully saturated rings. The minimum atomic E-state index is -0.629. The molecule has 1 aliphatic rings. The van der Waals surface area contributed by atoms with E-state index in [0.29, 0.717) is 23.5 Å². The van der Waals surface area contributed by atoms with E-state index in [-0.39, 0.29) is 24.3 Å². The lowest BCUT2D eigenvalue weighted by atomic mass is 10.0. The maximum absolute atomic E-state index is 13.2. The van der Waals surface area contributed by atoms with E-state index in [9.17, 15) is 14.3 Å². The van der Waals surface area contributed by atoms with E-state index in [0.717, 1.165) is 5.56 Å². The molecule has 1 amide bonds. The van der Waals surface area contributed by atoms with Crippen LogP contribution in [0, 0.1) is 5.82 Å². The maximum Gasteiger partial charge on any atom is 0.258 e. The Morgan fingerprint density at radius 2 is 1.88 bits per heavy atom. The molecule has 2 aromatic rings. The molecule has 0 spiro atoms. The lowest BCUT2D eigenvalue weighted by Crippen LogP contribution is -2.32. The fourth-order valence-corrected chi connectivity index (χ4v) is 3.25. The molecule has 0 aromatic heterocycles. The topological polar surface area (TPSA) is 59.0 Å². The SMILES string of the molecule is COc1cccc(C(=O)N2C[C@H](O)C[C@H]2c2ccc(F)cc2)c1OC. The van der Waals surface area contributed by atoms with E-state index in [1.54, 1.807) is 35.2 Å². The largest absolute Gasteiger partial charge is 0.493 e. The maximum atomic E-state index is 13.2. The van der Waals surface area contributed by atoms with Gasteiger partial charge in [-0.2, -0.15) is 0 Å². The Hall–Kier alpha value is -2.60. The first-order valence-corrected chi connectivity index (χ1v) is 8.00. The van der Waals surface area contributed by atoms with Crippen molar-refractivity contribution in [3.63, 3.8) is 0 Å². The molecule has 0 saturated carbocycles. The van der Waals surface area contributed by atoms with Gasteiger partial charge in [-0.15, -0.1) is 0 Å². The van der Waals surface area contributed by atoms with Crippen LogP contribution in [0.5, 0.6) is 11.5 Å². The van der Waals surface area contributed by atoms with Gasteiger partial charge in [-0.05, 0) is 36.2 Å². The number of aliphatic hydroxyl groups excluding tert-OH is 1. The molecule has 6 heteroatoms. The van der Waals surface area contributed by atoms with Crippen LogP contribution >= 0.6 is 0 Å². The first-order chi connectivity index (χ1) is 12.0. The van der Waals surface area contributed by atoms with Crippen LogP contribution in [0.1, 0.15) is 28.4 Å². The van der Waals surface area contributed by atoms with Crippen molar-refractivity contribution in [3.8, 4) is 11.5 Å². The summed E-state index contributed by atoms with van der Waals surface area (Å²) >= 11 is 0. The number of likely N-dealkylation sites (tertiary alicyclic amines) is 1. The Bertz CT molecular complexity index is 763. The van der Waals surface area contributed by atoms with Crippen LogP contribution in [0.25, 0.3) is 0 Å². The average Bonchev–Trinajstić information content (AvgIpc) is 3.02. The third-order valence-electron chi connectivity index (χ3n) is 4.43. The summed E-state index contributed by atoms with van der Waals surface area (Å²) < 4.78 is 23.8. The number of hydrogen-bond acceptors (Lipinski definition) is 4. The Balaban J connectivity index is 1.96. The van der Waals surface area contributed by atoms with Gasteiger partial charge < -0.3 is 19.5 Å². The molecule has 1 saturated heterocycles. The number of ether oxygens (including phenoxy) is 2. The molecular weight excluding hydrogens is 325 g/mol. The molecule has 3 rings (SSSR count). The number of rotatable bonds is 4. The predicted octanol–water partition coefficient (Wildman–Crippen LogP) is 2.79. The molecule has 2 aromatic carbocycles. The fraction of sp³-hybridized carbons (Fsp3) is 0.316. The molecular formula is C19H20FNO4. The van der Waals surface area contributed by atoms with Gasteiger partial charge in [0, 0.05) is 6.54 Å². The Kier molecular flexibility index (Phi) is 4.90. The van der Waals surface area contributed by atoms with Crippen molar-refractivity contribution in [3.05, 3.63) is 59.4 Å². The van der Waals surface area contributed by atoms with Crippen LogP contribution in [-0.2, 0) is 0 Å². The van der Waals surface area contributed by atoms with Gasteiger partial charge in [-0.3, -0.25) is 4.79 Å². The second kappa shape index (κ2) is 7.11. The van der Waals surface area contributed by atoms with Crippen molar-refractivity contribution in [2.24, 2.45) is 0 Å². The summed E-state index contributed by atoms with van der Waals surface area (Å²) in [6.45, 7) is 0.210. The lowest BCUT2D eigenvalue weighted by molar-refractivity contribution is 0.0711. The average molecular weight is 345 g/mol. The Morgan fingerprint density at radius 1 is 1.16 bits per heavy atom. The van der Waals surface area contributed by atoms with Gasteiger partial charge >= 0.3 is 0 Å². The standard InChI is InChI=1S/C19H20FNO4/c1-24-17-5-3-4-15(18(17)25-2)19(23)21-11-14(22)10-16(21)12-6-8-13(20)9-7-12/h3-9,14,16,22H,10-11H2,1-2H3/t14-,16+/m1/s1. The van der Waals surface area contributed by atoms with Crippen molar-refractivity contribution in [1.29, 1.82) is 0 Å². The molecule has 1 N–H and O–H groups in total. The quantitative estimate of drug-likeness (QED) is 0.926. The zero-order valence-electron chi connectivity index (χ0n) is 14.1. The second-order valence-electron chi connectivity index (χ2n) is 5.96. The Labute approximate surface area is 145 Å². The second-order valence-corrected chi connectivity index (χ2v) is 5.96. The van der Waals surface area contributed by atoms with E-state index in [4.69, 9.17) is 9.47 Å². The highest BCUT2D eigenvalue weighted by Gasteiger charge is 2.37. The van der Waals surface area contributed by atoms with Crippen LogP contribution in [0.15, 0.2) is 42.5 Å².